The lowest BCUT2D eigenvalue weighted by atomic mass is 10.1. The maximum Gasteiger partial charge on any atom is 0.123 e. The van der Waals surface area contributed by atoms with Crippen molar-refractivity contribution in [3.8, 4) is 11.8 Å². The number of β-amino-alcohol motifs (C(OH)–C–C–N with tert-alkyl or cyclic N) is 1. The summed E-state index contributed by atoms with van der Waals surface area (Å²) in [4.78, 5) is 2.20. The van der Waals surface area contributed by atoms with E-state index in [1.165, 1.54) is 0 Å². The molecule has 1 aromatic carbocycles. The Morgan fingerprint density at radius 3 is 3.06 bits per heavy atom. The smallest absolute Gasteiger partial charge is 0.123 e. The van der Waals surface area contributed by atoms with Crippen LogP contribution >= 0.6 is 0 Å². The summed E-state index contributed by atoms with van der Waals surface area (Å²) in [7, 11) is 1.63. The number of likely N-dealkylation sites (tertiary alicyclic amines) is 1. The number of hydrogen-bond acceptors (Lipinski definition) is 4. The fourth-order valence-corrected chi connectivity index (χ4v) is 2.39. The van der Waals surface area contributed by atoms with Crippen molar-refractivity contribution in [1.29, 1.82) is 5.26 Å². The number of methoxy groups -OCH3 is 1. The summed E-state index contributed by atoms with van der Waals surface area (Å²) in [5.41, 5.74) is 1.65. The summed E-state index contributed by atoms with van der Waals surface area (Å²) in [5.74, 6) is 0.800. The lowest BCUT2D eigenvalue weighted by Gasteiger charge is -2.30. The first-order chi connectivity index (χ1) is 8.72. The van der Waals surface area contributed by atoms with Gasteiger partial charge >= 0.3 is 0 Å². The summed E-state index contributed by atoms with van der Waals surface area (Å²) < 4.78 is 5.31. The van der Waals surface area contributed by atoms with Crippen molar-refractivity contribution >= 4 is 0 Å². The van der Waals surface area contributed by atoms with Gasteiger partial charge in [-0.05, 0) is 37.6 Å². The fourth-order valence-electron chi connectivity index (χ4n) is 2.39. The number of nitriles is 1. The lowest BCUT2D eigenvalue weighted by Crippen LogP contribution is -2.37. The largest absolute Gasteiger partial charge is 0.496 e. The van der Waals surface area contributed by atoms with Crippen molar-refractivity contribution < 1.29 is 9.84 Å². The van der Waals surface area contributed by atoms with Gasteiger partial charge in [0.25, 0.3) is 0 Å². The van der Waals surface area contributed by atoms with E-state index < -0.39 is 0 Å². The highest BCUT2D eigenvalue weighted by Crippen LogP contribution is 2.23. The number of hydrogen-bond donors (Lipinski definition) is 1. The molecule has 1 heterocycles. The topological polar surface area (TPSA) is 56.5 Å². The second-order valence-electron chi connectivity index (χ2n) is 4.67. The van der Waals surface area contributed by atoms with E-state index in [-0.39, 0.29) is 6.10 Å². The van der Waals surface area contributed by atoms with Gasteiger partial charge in [0.2, 0.25) is 0 Å². The first-order valence-corrected chi connectivity index (χ1v) is 6.20. The minimum Gasteiger partial charge on any atom is -0.496 e. The van der Waals surface area contributed by atoms with Crippen LogP contribution in [0.25, 0.3) is 0 Å². The van der Waals surface area contributed by atoms with Crippen LogP contribution in [0, 0.1) is 11.3 Å². The molecule has 0 aromatic heterocycles. The summed E-state index contributed by atoms with van der Waals surface area (Å²) >= 11 is 0. The Kier molecular flexibility index (Phi) is 4.19. The molecule has 1 aliphatic heterocycles. The molecule has 1 fully saturated rings. The molecule has 96 valence electrons. The van der Waals surface area contributed by atoms with Gasteiger partial charge < -0.3 is 9.84 Å². The molecule has 0 amide bonds. The van der Waals surface area contributed by atoms with Gasteiger partial charge in [0.15, 0.2) is 0 Å². The summed E-state index contributed by atoms with van der Waals surface area (Å²) in [6, 6.07) is 7.59. The SMILES string of the molecule is COc1ccc(C#N)cc1CN1CCC[C@H](O)C1. The van der Waals surface area contributed by atoms with E-state index in [2.05, 4.69) is 11.0 Å². The number of aliphatic hydroxyl groups is 1. The van der Waals surface area contributed by atoms with Gasteiger partial charge in [-0.15, -0.1) is 0 Å². The first-order valence-electron chi connectivity index (χ1n) is 6.20. The highest BCUT2D eigenvalue weighted by molar-refractivity contribution is 5.42. The molecule has 1 atom stereocenters. The average Bonchev–Trinajstić information content (AvgIpc) is 2.38. The molecular formula is C14H18N2O2. The first kappa shape index (κ1) is 12.9. The zero-order valence-electron chi connectivity index (χ0n) is 10.6. The molecule has 18 heavy (non-hydrogen) atoms. The molecule has 4 nitrogen and oxygen atoms in total. The van der Waals surface area contributed by atoms with E-state index in [0.29, 0.717) is 12.1 Å². The van der Waals surface area contributed by atoms with Gasteiger partial charge in [-0.2, -0.15) is 5.26 Å². The monoisotopic (exact) mass is 246 g/mol. The minimum atomic E-state index is -0.233. The number of aliphatic hydroxyl groups excluding tert-OH is 1. The molecule has 0 bridgehead atoms. The fraction of sp³-hybridized carbons (Fsp3) is 0.500. The molecule has 0 aliphatic carbocycles. The number of rotatable bonds is 3. The molecule has 0 radical (unpaired) electrons. The van der Waals surface area contributed by atoms with Crippen LogP contribution in [0.4, 0.5) is 0 Å². The molecule has 1 saturated heterocycles. The number of piperidine rings is 1. The maximum absolute atomic E-state index is 9.66. The summed E-state index contributed by atoms with van der Waals surface area (Å²) in [5, 5.41) is 18.6. The highest BCUT2D eigenvalue weighted by atomic mass is 16.5. The Bertz CT molecular complexity index is 454. The van der Waals surface area contributed by atoms with Crippen LogP contribution in [-0.2, 0) is 6.54 Å². The van der Waals surface area contributed by atoms with Crippen LogP contribution < -0.4 is 4.74 Å². The van der Waals surface area contributed by atoms with Crippen molar-refractivity contribution in [2.75, 3.05) is 20.2 Å². The lowest BCUT2D eigenvalue weighted by molar-refractivity contribution is 0.0664. The van der Waals surface area contributed by atoms with Gasteiger partial charge in [-0.25, -0.2) is 0 Å². The Balaban J connectivity index is 2.14. The Morgan fingerprint density at radius 2 is 2.39 bits per heavy atom. The Labute approximate surface area is 107 Å². The zero-order chi connectivity index (χ0) is 13.0. The Hall–Kier alpha value is -1.57. The van der Waals surface area contributed by atoms with Gasteiger partial charge in [-0.3, -0.25) is 4.90 Å². The van der Waals surface area contributed by atoms with Crippen molar-refractivity contribution in [1.82, 2.24) is 4.90 Å². The Morgan fingerprint density at radius 1 is 1.56 bits per heavy atom. The third kappa shape index (κ3) is 3.00. The third-order valence-corrected chi connectivity index (χ3v) is 3.28. The van der Waals surface area contributed by atoms with E-state index in [9.17, 15) is 5.11 Å². The van der Waals surface area contributed by atoms with Crippen molar-refractivity contribution in [3.05, 3.63) is 29.3 Å². The predicted octanol–water partition coefficient (Wildman–Crippen LogP) is 1.52. The van der Waals surface area contributed by atoms with Crippen LogP contribution in [0.1, 0.15) is 24.0 Å². The molecule has 2 rings (SSSR count). The van der Waals surface area contributed by atoms with Gasteiger partial charge in [0.1, 0.15) is 5.75 Å². The zero-order valence-corrected chi connectivity index (χ0v) is 10.6. The highest BCUT2D eigenvalue weighted by Gasteiger charge is 2.18. The number of benzene rings is 1. The van der Waals surface area contributed by atoms with Crippen LogP contribution in [0.3, 0.4) is 0 Å². The van der Waals surface area contributed by atoms with E-state index in [1.54, 1.807) is 13.2 Å². The molecule has 1 aliphatic rings. The van der Waals surface area contributed by atoms with Gasteiger partial charge in [0.05, 0.1) is 24.8 Å². The van der Waals surface area contributed by atoms with Crippen molar-refractivity contribution in [2.45, 2.75) is 25.5 Å². The number of ether oxygens (including phenoxy) is 1. The van der Waals surface area contributed by atoms with Crippen molar-refractivity contribution in [3.63, 3.8) is 0 Å². The quantitative estimate of drug-likeness (QED) is 0.878. The van der Waals surface area contributed by atoms with Gasteiger partial charge in [-0.1, -0.05) is 0 Å². The van der Waals surface area contributed by atoms with E-state index >= 15 is 0 Å². The molecule has 0 saturated carbocycles. The summed E-state index contributed by atoms with van der Waals surface area (Å²) in [6.07, 6.45) is 1.66. The van der Waals surface area contributed by atoms with Crippen LogP contribution in [-0.4, -0.2) is 36.3 Å². The van der Waals surface area contributed by atoms with E-state index in [4.69, 9.17) is 10.00 Å². The molecular weight excluding hydrogens is 228 g/mol. The molecule has 0 spiro atoms. The third-order valence-electron chi connectivity index (χ3n) is 3.28. The average molecular weight is 246 g/mol. The van der Waals surface area contributed by atoms with E-state index in [0.717, 1.165) is 37.2 Å². The molecule has 0 unspecified atom stereocenters. The second-order valence-corrected chi connectivity index (χ2v) is 4.67. The minimum absolute atomic E-state index is 0.233. The maximum atomic E-state index is 9.66. The number of nitrogens with zero attached hydrogens (tertiary/aromatic N) is 2. The summed E-state index contributed by atoms with van der Waals surface area (Å²) in [6.45, 7) is 2.40. The predicted molar refractivity (Wildman–Crippen MR) is 68.2 cm³/mol. The van der Waals surface area contributed by atoms with Crippen LogP contribution in [0.5, 0.6) is 5.75 Å². The molecule has 1 aromatic rings. The standard InChI is InChI=1S/C14H18N2O2/c1-18-14-5-4-11(8-15)7-12(14)9-16-6-2-3-13(17)10-16/h4-5,7,13,17H,2-3,6,9-10H2,1H3/t13-/m0/s1. The molecule has 4 heteroatoms. The van der Waals surface area contributed by atoms with Crippen molar-refractivity contribution in [2.24, 2.45) is 0 Å². The van der Waals surface area contributed by atoms with Crippen LogP contribution in [0.15, 0.2) is 18.2 Å². The second kappa shape index (κ2) is 5.85. The van der Waals surface area contributed by atoms with Gasteiger partial charge in [0, 0.05) is 18.7 Å². The van der Waals surface area contributed by atoms with E-state index in [1.807, 2.05) is 12.1 Å². The van der Waals surface area contributed by atoms with Crippen LogP contribution in [0.2, 0.25) is 0 Å². The molecule has 1 N–H and O–H groups in total. The normalized spacial score (nSPS) is 20.4.